The van der Waals surface area contributed by atoms with E-state index in [0.717, 1.165) is 16.6 Å². The Kier molecular flexibility index (Phi) is 5.49. The molecule has 1 N–H and O–H groups in total. The summed E-state index contributed by atoms with van der Waals surface area (Å²) in [7, 11) is 0. The van der Waals surface area contributed by atoms with Crippen molar-refractivity contribution in [2.45, 2.75) is 33.4 Å². The molecule has 27 heavy (non-hydrogen) atoms. The molecule has 0 fully saturated rings. The van der Waals surface area contributed by atoms with E-state index in [1.807, 2.05) is 45.0 Å². The van der Waals surface area contributed by atoms with Crippen LogP contribution in [0.2, 0.25) is 0 Å². The number of hydrogen-bond acceptors (Lipinski definition) is 5. The van der Waals surface area contributed by atoms with Gasteiger partial charge in [-0.3, -0.25) is 4.79 Å². The highest BCUT2D eigenvalue weighted by atomic mass is 16.5. The van der Waals surface area contributed by atoms with E-state index < -0.39 is 5.97 Å². The van der Waals surface area contributed by atoms with Gasteiger partial charge in [0.15, 0.2) is 6.61 Å². The number of hydrogen-bond donors (Lipinski definition) is 1. The first-order valence-electron chi connectivity index (χ1n) is 8.85. The molecule has 2 aromatic carbocycles. The van der Waals surface area contributed by atoms with Gasteiger partial charge in [0.1, 0.15) is 5.52 Å². The van der Waals surface area contributed by atoms with Crippen LogP contribution in [0.25, 0.3) is 11.0 Å². The van der Waals surface area contributed by atoms with Crippen LogP contribution < -0.4 is 5.32 Å². The van der Waals surface area contributed by atoms with Crippen LogP contribution in [0.1, 0.15) is 41.4 Å². The fourth-order valence-corrected chi connectivity index (χ4v) is 2.98. The van der Waals surface area contributed by atoms with E-state index in [0.29, 0.717) is 17.6 Å². The SMILES string of the molecule is CCn1nnc2cc(C(=O)OCC(=O)NC(C)c3ccccc3C)ccc21. The Balaban J connectivity index is 1.58. The van der Waals surface area contributed by atoms with E-state index in [2.05, 4.69) is 15.6 Å². The van der Waals surface area contributed by atoms with Crippen LogP contribution >= 0.6 is 0 Å². The molecule has 0 aliphatic rings. The minimum absolute atomic E-state index is 0.169. The molecule has 3 aromatic rings. The zero-order valence-corrected chi connectivity index (χ0v) is 15.6. The van der Waals surface area contributed by atoms with Crippen molar-refractivity contribution in [2.75, 3.05) is 6.61 Å². The number of esters is 1. The van der Waals surface area contributed by atoms with E-state index in [1.165, 1.54) is 0 Å². The number of fused-ring (bicyclic) bond motifs is 1. The number of aromatic nitrogens is 3. The Morgan fingerprint density at radius 1 is 1.22 bits per heavy atom. The van der Waals surface area contributed by atoms with Crippen molar-refractivity contribution < 1.29 is 14.3 Å². The van der Waals surface area contributed by atoms with Gasteiger partial charge in [0.05, 0.1) is 17.1 Å². The number of ether oxygens (including phenoxy) is 1. The highest BCUT2D eigenvalue weighted by Crippen LogP contribution is 2.17. The molecule has 1 atom stereocenters. The third-order valence-corrected chi connectivity index (χ3v) is 4.42. The van der Waals surface area contributed by atoms with E-state index in [9.17, 15) is 9.59 Å². The van der Waals surface area contributed by atoms with Gasteiger partial charge in [-0.25, -0.2) is 9.48 Å². The van der Waals surface area contributed by atoms with Gasteiger partial charge in [-0.05, 0) is 50.1 Å². The van der Waals surface area contributed by atoms with Gasteiger partial charge in [-0.15, -0.1) is 5.10 Å². The van der Waals surface area contributed by atoms with Gasteiger partial charge < -0.3 is 10.1 Å². The molecule has 1 aromatic heterocycles. The molecule has 0 spiro atoms. The molecule has 7 nitrogen and oxygen atoms in total. The lowest BCUT2D eigenvalue weighted by Crippen LogP contribution is -2.31. The number of carbonyl (C=O) groups excluding carboxylic acids is 2. The number of carbonyl (C=O) groups is 2. The third kappa shape index (κ3) is 4.13. The summed E-state index contributed by atoms with van der Waals surface area (Å²) in [5.74, 6) is -0.918. The average Bonchev–Trinajstić information content (AvgIpc) is 3.08. The third-order valence-electron chi connectivity index (χ3n) is 4.42. The molecule has 1 unspecified atom stereocenters. The zero-order valence-electron chi connectivity index (χ0n) is 15.6. The summed E-state index contributed by atoms with van der Waals surface area (Å²) in [5.41, 5.74) is 3.92. The lowest BCUT2D eigenvalue weighted by Gasteiger charge is -2.16. The topological polar surface area (TPSA) is 86.1 Å². The molecular formula is C20H22N4O3. The first-order valence-corrected chi connectivity index (χ1v) is 8.85. The number of nitrogens with zero attached hydrogens (tertiary/aromatic N) is 3. The Morgan fingerprint density at radius 3 is 2.74 bits per heavy atom. The van der Waals surface area contributed by atoms with E-state index >= 15 is 0 Å². The maximum absolute atomic E-state index is 12.2. The number of benzene rings is 2. The number of aryl methyl sites for hydroxylation is 2. The van der Waals surface area contributed by atoms with Gasteiger partial charge in [-0.1, -0.05) is 29.5 Å². The van der Waals surface area contributed by atoms with Crippen LogP contribution in [0.5, 0.6) is 0 Å². The van der Waals surface area contributed by atoms with E-state index in [4.69, 9.17) is 4.74 Å². The zero-order chi connectivity index (χ0) is 19.4. The van der Waals surface area contributed by atoms with Crippen LogP contribution in [0.15, 0.2) is 42.5 Å². The van der Waals surface area contributed by atoms with Crippen molar-refractivity contribution in [3.8, 4) is 0 Å². The molecule has 0 aliphatic heterocycles. The molecule has 140 valence electrons. The summed E-state index contributed by atoms with van der Waals surface area (Å²) in [5, 5.41) is 10.9. The fourth-order valence-electron chi connectivity index (χ4n) is 2.98. The maximum atomic E-state index is 12.2. The summed E-state index contributed by atoms with van der Waals surface area (Å²) in [6.07, 6.45) is 0. The van der Waals surface area contributed by atoms with E-state index in [1.54, 1.807) is 22.9 Å². The van der Waals surface area contributed by atoms with Crippen molar-refractivity contribution in [1.82, 2.24) is 20.3 Å². The quantitative estimate of drug-likeness (QED) is 0.678. The summed E-state index contributed by atoms with van der Waals surface area (Å²) >= 11 is 0. The second-order valence-corrected chi connectivity index (χ2v) is 6.33. The second-order valence-electron chi connectivity index (χ2n) is 6.33. The van der Waals surface area contributed by atoms with Crippen molar-refractivity contribution in [2.24, 2.45) is 0 Å². The number of nitrogens with one attached hydrogen (secondary N) is 1. The van der Waals surface area contributed by atoms with Crippen molar-refractivity contribution in [3.63, 3.8) is 0 Å². The molecule has 0 radical (unpaired) electrons. The molecule has 0 aliphatic carbocycles. The highest BCUT2D eigenvalue weighted by molar-refractivity contribution is 5.94. The van der Waals surface area contributed by atoms with Crippen molar-refractivity contribution in [1.29, 1.82) is 0 Å². The summed E-state index contributed by atoms with van der Waals surface area (Å²) in [4.78, 5) is 24.3. The molecule has 1 heterocycles. The second kappa shape index (κ2) is 7.99. The Bertz CT molecular complexity index is 980. The molecule has 0 saturated heterocycles. The maximum Gasteiger partial charge on any atom is 0.338 e. The van der Waals surface area contributed by atoms with Crippen LogP contribution in [0, 0.1) is 6.92 Å². The summed E-state index contributed by atoms with van der Waals surface area (Å²) < 4.78 is 6.87. The highest BCUT2D eigenvalue weighted by Gasteiger charge is 2.15. The molecular weight excluding hydrogens is 344 g/mol. The summed E-state index contributed by atoms with van der Waals surface area (Å²) in [6, 6.07) is 12.7. The monoisotopic (exact) mass is 366 g/mol. The van der Waals surface area contributed by atoms with Crippen molar-refractivity contribution in [3.05, 3.63) is 59.2 Å². The van der Waals surface area contributed by atoms with Gasteiger partial charge in [0.2, 0.25) is 0 Å². The molecule has 0 bridgehead atoms. The lowest BCUT2D eigenvalue weighted by molar-refractivity contribution is -0.124. The van der Waals surface area contributed by atoms with Crippen LogP contribution in [0.3, 0.4) is 0 Å². The summed E-state index contributed by atoms with van der Waals surface area (Å²) in [6.45, 7) is 6.21. The molecule has 7 heteroatoms. The van der Waals surface area contributed by atoms with Crippen LogP contribution in [0.4, 0.5) is 0 Å². The Hall–Kier alpha value is -3.22. The largest absolute Gasteiger partial charge is 0.452 e. The lowest BCUT2D eigenvalue weighted by atomic mass is 10.0. The minimum Gasteiger partial charge on any atom is -0.452 e. The first-order chi connectivity index (χ1) is 13.0. The predicted molar refractivity (Wildman–Crippen MR) is 101 cm³/mol. The fraction of sp³-hybridized carbons (Fsp3) is 0.300. The van der Waals surface area contributed by atoms with Crippen LogP contribution in [-0.2, 0) is 16.1 Å². The Morgan fingerprint density at radius 2 is 2.00 bits per heavy atom. The predicted octanol–water partition coefficient (Wildman–Crippen LogP) is 2.79. The van der Waals surface area contributed by atoms with E-state index in [-0.39, 0.29) is 18.6 Å². The first kappa shape index (κ1) is 18.6. The van der Waals surface area contributed by atoms with Gasteiger partial charge >= 0.3 is 5.97 Å². The molecule has 1 amide bonds. The van der Waals surface area contributed by atoms with Gasteiger partial charge in [0.25, 0.3) is 5.91 Å². The molecule has 3 rings (SSSR count). The van der Waals surface area contributed by atoms with Crippen molar-refractivity contribution >= 4 is 22.9 Å². The molecule has 0 saturated carbocycles. The number of rotatable bonds is 6. The smallest absolute Gasteiger partial charge is 0.338 e. The van der Waals surface area contributed by atoms with Crippen LogP contribution in [-0.4, -0.2) is 33.5 Å². The minimum atomic E-state index is -0.568. The standard InChI is InChI=1S/C20H22N4O3/c1-4-24-18-10-9-15(11-17(18)22-23-24)20(26)27-12-19(25)21-14(3)16-8-6-5-7-13(16)2/h5-11,14H,4,12H2,1-3H3,(H,21,25). The average molecular weight is 366 g/mol. The van der Waals surface area contributed by atoms with Gasteiger partial charge in [-0.2, -0.15) is 0 Å². The number of amides is 1. The Labute approximate surface area is 157 Å². The van der Waals surface area contributed by atoms with Gasteiger partial charge in [0, 0.05) is 6.54 Å². The normalized spacial score (nSPS) is 12.0.